The topological polar surface area (TPSA) is 55.5 Å². The fourth-order valence-corrected chi connectivity index (χ4v) is 3.46. The molecule has 6 heteroatoms. The quantitative estimate of drug-likeness (QED) is 0.722. The van der Waals surface area contributed by atoms with Gasteiger partial charge in [-0.25, -0.2) is 0 Å². The fraction of sp³-hybridized carbons (Fsp3) is 0.450. The van der Waals surface area contributed by atoms with Crippen LogP contribution in [0.1, 0.15) is 44.0 Å². The molecule has 0 radical (unpaired) electrons. The van der Waals surface area contributed by atoms with Gasteiger partial charge in [-0.15, -0.1) is 10.2 Å². The van der Waals surface area contributed by atoms with Crippen molar-refractivity contribution in [1.82, 2.24) is 24.7 Å². The van der Waals surface area contributed by atoms with Crippen molar-refractivity contribution >= 4 is 5.65 Å². The number of benzene rings is 1. The molecular formula is C20H25N5O. The van der Waals surface area contributed by atoms with Gasteiger partial charge in [0.15, 0.2) is 5.65 Å². The predicted octanol–water partition coefficient (Wildman–Crippen LogP) is 3.31. The highest BCUT2D eigenvalue weighted by Gasteiger charge is 2.19. The van der Waals surface area contributed by atoms with Crippen LogP contribution in [-0.4, -0.2) is 51.0 Å². The van der Waals surface area contributed by atoms with E-state index in [4.69, 9.17) is 4.74 Å². The lowest BCUT2D eigenvalue weighted by Crippen LogP contribution is -2.37. The van der Waals surface area contributed by atoms with Crippen molar-refractivity contribution < 1.29 is 4.74 Å². The molecule has 0 aliphatic carbocycles. The average molecular weight is 351 g/mol. The summed E-state index contributed by atoms with van der Waals surface area (Å²) < 4.78 is 7.24. The minimum atomic E-state index is 0.348. The summed E-state index contributed by atoms with van der Waals surface area (Å²) >= 11 is 0. The molecule has 26 heavy (non-hydrogen) atoms. The molecule has 2 aromatic heterocycles. The molecule has 1 aliphatic heterocycles. The summed E-state index contributed by atoms with van der Waals surface area (Å²) in [5.74, 6) is 0.348. The van der Waals surface area contributed by atoms with E-state index >= 15 is 0 Å². The molecule has 0 N–H and O–H groups in total. The number of aromatic nitrogens is 4. The molecule has 4 rings (SSSR count). The molecule has 1 unspecified atom stereocenters. The normalized spacial score (nSPS) is 17.1. The van der Waals surface area contributed by atoms with Crippen molar-refractivity contribution in [3.8, 4) is 11.1 Å². The Hall–Kier alpha value is -2.31. The van der Waals surface area contributed by atoms with Crippen molar-refractivity contribution in [3.63, 3.8) is 0 Å². The van der Waals surface area contributed by atoms with Crippen molar-refractivity contribution in [2.24, 2.45) is 0 Å². The van der Waals surface area contributed by atoms with Crippen LogP contribution in [-0.2, 0) is 4.74 Å². The van der Waals surface area contributed by atoms with E-state index < -0.39 is 0 Å². The highest BCUT2D eigenvalue weighted by molar-refractivity contribution is 5.77. The number of nitrogens with zero attached hydrogens (tertiary/aromatic N) is 5. The number of hydrogen-bond acceptors (Lipinski definition) is 5. The lowest BCUT2D eigenvalue weighted by Gasteiger charge is -2.32. The highest BCUT2D eigenvalue weighted by Crippen LogP contribution is 2.28. The molecule has 1 fully saturated rings. The largest absolute Gasteiger partial charge is 0.379 e. The molecule has 3 aromatic rings. The van der Waals surface area contributed by atoms with Gasteiger partial charge in [0.1, 0.15) is 6.33 Å². The van der Waals surface area contributed by atoms with Gasteiger partial charge >= 0.3 is 0 Å². The second-order valence-electron chi connectivity index (χ2n) is 7.18. The van der Waals surface area contributed by atoms with E-state index in [1.807, 2.05) is 0 Å². The van der Waals surface area contributed by atoms with Crippen LogP contribution in [0.2, 0.25) is 0 Å². The lowest BCUT2D eigenvalue weighted by atomic mass is 9.99. The number of hydrogen-bond donors (Lipinski definition) is 0. The van der Waals surface area contributed by atoms with E-state index in [-0.39, 0.29) is 0 Å². The Morgan fingerprint density at radius 3 is 2.46 bits per heavy atom. The van der Waals surface area contributed by atoms with Crippen LogP contribution in [0, 0.1) is 0 Å². The maximum absolute atomic E-state index is 5.46. The Bertz CT molecular complexity index is 881. The molecule has 1 aromatic carbocycles. The van der Waals surface area contributed by atoms with E-state index in [1.54, 1.807) is 10.8 Å². The van der Waals surface area contributed by atoms with Crippen LogP contribution in [0.5, 0.6) is 0 Å². The maximum atomic E-state index is 5.46. The maximum Gasteiger partial charge on any atom is 0.185 e. The number of ether oxygens (including phenoxy) is 1. The van der Waals surface area contributed by atoms with Gasteiger partial charge in [-0.05, 0) is 30.0 Å². The number of morpholine rings is 1. The standard InChI is InChI=1S/C20H25N5O/c1-14(2)19-12-18(20-22-21-13-25(20)23-19)17-6-4-16(5-7-17)15(3)24-8-10-26-11-9-24/h4-7,12-15H,8-11H2,1-3H3. The van der Waals surface area contributed by atoms with Crippen LogP contribution in [0.3, 0.4) is 0 Å². The Morgan fingerprint density at radius 2 is 1.77 bits per heavy atom. The number of rotatable bonds is 4. The van der Waals surface area contributed by atoms with Crippen LogP contribution in [0.25, 0.3) is 16.8 Å². The zero-order valence-corrected chi connectivity index (χ0v) is 15.6. The number of fused-ring (bicyclic) bond motifs is 1. The molecule has 0 spiro atoms. The van der Waals surface area contributed by atoms with Gasteiger partial charge in [0.2, 0.25) is 0 Å². The Kier molecular flexibility index (Phi) is 4.70. The molecule has 3 heterocycles. The first-order valence-corrected chi connectivity index (χ1v) is 9.26. The molecule has 1 saturated heterocycles. The van der Waals surface area contributed by atoms with Crippen molar-refractivity contribution in [2.75, 3.05) is 26.3 Å². The molecule has 0 amide bonds. The van der Waals surface area contributed by atoms with Crippen LogP contribution in [0.15, 0.2) is 36.7 Å². The molecule has 1 atom stereocenters. The molecular weight excluding hydrogens is 326 g/mol. The van der Waals surface area contributed by atoms with Gasteiger partial charge in [-0.1, -0.05) is 38.1 Å². The van der Waals surface area contributed by atoms with Gasteiger partial charge in [0, 0.05) is 24.7 Å². The van der Waals surface area contributed by atoms with Gasteiger partial charge in [0.05, 0.1) is 18.9 Å². The van der Waals surface area contributed by atoms with E-state index in [9.17, 15) is 0 Å². The van der Waals surface area contributed by atoms with Crippen LogP contribution < -0.4 is 0 Å². The minimum Gasteiger partial charge on any atom is -0.379 e. The van der Waals surface area contributed by atoms with E-state index in [2.05, 4.69) is 71.3 Å². The van der Waals surface area contributed by atoms with Gasteiger partial charge in [-0.3, -0.25) is 4.90 Å². The summed E-state index contributed by atoms with van der Waals surface area (Å²) in [5, 5.41) is 12.9. The molecule has 0 bridgehead atoms. The Morgan fingerprint density at radius 1 is 1.04 bits per heavy atom. The van der Waals surface area contributed by atoms with E-state index in [0.29, 0.717) is 12.0 Å². The SMILES string of the molecule is CC(C)c1cc(-c2ccc(C(C)N3CCOCC3)cc2)c2nncn2n1. The predicted molar refractivity (Wildman–Crippen MR) is 101 cm³/mol. The summed E-state index contributed by atoms with van der Waals surface area (Å²) in [4.78, 5) is 2.47. The first-order chi connectivity index (χ1) is 12.6. The summed E-state index contributed by atoms with van der Waals surface area (Å²) in [6, 6.07) is 11.3. The second-order valence-corrected chi connectivity index (χ2v) is 7.18. The summed E-state index contributed by atoms with van der Waals surface area (Å²) in [6.45, 7) is 10.2. The zero-order chi connectivity index (χ0) is 18.1. The van der Waals surface area contributed by atoms with E-state index in [1.165, 1.54) is 5.56 Å². The van der Waals surface area contributed by atoms with E-state index in [0.717, 1.165) is 48.8 Å². The third-order valence-corrected chi connectivity index (χ3v) is 5.18. The van der Waals surface area contributed by atoms with Crippen molar-refractivity contribution in [1.29, 1.82) is 0 Å². The zero-order valence-electron chi connectivity index (χ0n) is 15.6. The average Bonchev–Trinajstić information content (AvgIpc) is 3.16. The molecule has 136 valence electrons. The summed E-state index contributed by atoms with van der Waals surface area (Å²) in [6.07, 6.45) is 1.67. The third-order valence-electron chi connectivity index (χ3n) is 5.18. The summed E-state index contributed by atoms with van der Waals surface area (Å²) in [7, 11) is 0. The van der Waals surface area contributed by atoms with Crippen molar-refractivity contribution in [2.45, 2.75) is 32.7 Å². The smallest absolute Gasteiger partial charge is 0.185 e. The second kappa shape index (κ2) is 7.13. The fourth-order valence-electron chi connectivity index (χ4n) is 3.46. The minimum absolute atomic E-state index is 0.348. The molecule has 1 aliphatic rings. The lowest BCUT2D eigenvalue weighted by molar-refractivity contribution is 0.0198. The van der Waals surface area contributed by atoms with Gasteiger partial charge in [-0.2, -0.15) is 9.61 Å². The third kappa shape index (κ3) is 3.22. The monoisotopic (exact) mass is 351 g/mol. The van der Waals surface area contributed by atoms with Crippen molar-refractivity contribution in [3.05, 3.63) is 47.9 Å². The van der Waals surface area contributed by atoms with Gasteiger partial charge in [0.25, 0.3) is 0 Å². The molecule has 0 saturated carbocycles. The Labute approximate surface area is 153 Å². The van der Waals surface area contributed by atoms with Crippen LogP contribution >= 0.6 is 0 Å². The molecule has 6 nitrogen and oxygen atoms in total. The first kappa shape index (κ1) is 17.1. The first-order valence-electron chi connectivity index (χ1n) is 9.26. The Balaban J connectivity index is 1.66. The van der Waals surface area contributed by atoms with Crippen LogP contribution in [0.4, 0.5) is 0 Å². The summed E-state index contributed by atoms with van der Waals surface area (Å²) in [5.41, 5.74) is 5.38. The van der Waals surface area contributed by atoms with Gasteiger partial charge < -0.3 is 4.74 Å². The highest BCUT2D eigenvalue weighted by atomic mass is 16.5.